The molecule has 4 rings (SSSR count). The van der Waals surface area contributed by atoms with Gasteiger partial charge in [-0.25, -0.2) is 4.39 Å². The summed E-state index contributed by atoms with van der Waals surface area (Å²) in [5.74, 6) is -0.382. The van der Waals surface area contributed by atoms with E-state index in [0.29, 0.717) is 16.3 Å². The molecule has 5 heteroatoms. The first-order valence-corrected chi connectivity index (χ1v) is 8.32. The first-order chi connectivity index (χ1) is 11.6. The van der Waals surface area contributed by atoms with E-state index in [1.165, 1.54) is 6.07 Å². The number of H-pyrrole nitrogens is 1. The minimum atomic E-state index is -0.278. The largest absolute Gasteiger partial charge is 0.351 e. The smallest absolute Gasteiger partial charge is 0.270 e. The van der Waals surface area contributed by atoms with Crippen molar-refractivity contribution in [3.05, 3.63) is 70.6 Å². The summed E-state index contributed by atoms with van der Waals surface area (Å²) in [6.07, 6.45) is 1.93. The van der Waals surface area contributed by atoms with Crippen LogP contribution < -0.4 is 0 Å². The third-order valence-electron chi connectivity index (χ3n) is 4.36. The summed E-state index contributed by atoms with van der Waals surface area (Å²) in [6.45, 7) is 0.284. The zero-order chi connectivity index (χ0) is 16.7. The summed E-state index contributed by atoms with van der Waals surface area (Å²) in [5, 5.41) is 1.53. The van der Waals surface area contributed by atoms with Gasteiger partial charge in [0.2, 0.25) is 0 Å². The van der Waals surface area contributed by atoms with Crippen LogP contribution in [0.4, 0.5) is 4.39 Å². The van der Waals surface area contributed by atoms with Gasteiger partial charge in [-0.05, 0) is 43.2 Å². The predicted octanol–water partition coefficient (Wildman–Crippen LogP) is 4.77. The summed E-state index contributed by atoms with van der Waals surface area (Å²) in [4.78, 5) is 17.8. The Bertz CT molecular complexity index is 917. The summed E-state index contributed by atoms with van der Waals surface area (Å²) >= 11 is 6.00. The second-order valence-corrected chi connectivity index (χ2v) is 6.61. The van der Waals surface area contributed by atoms with Gasteiger partial charge < -0.3 is 9.88 Å². The fourth-order valence-electron chi connectivity index (χ4n) is 2.94. The maximum absolute atomic E-state index is 14.0. The highest BCUT2D eigenvalue weighted by Crippen LogP contribution is 2.31. The number of carbonyl (C=O) groups excluding carboxylic acids is 1. The molecule has 1 aromatic heterocycles. The average molecular weight is 343 g/mol. The monoisotopic (exact) mass is 342 g/mol. The summed E-state index contributed by atoms with van der Waals surface area (Å²) in [5.41, 5.74) is 1.91. The standard InChI is InChI=1S/C19H16ClFN2O/c20-14-5-8-17-13(9-14)10-18(22-17)19(24)23(15-6-7-15)11-12-3-1-2-4-16(12)21/h1-5,8-10,15,22H,6-7,11H2. The van der Waals surface area contributed by atoms with Crippen molar-refractivity contribution in [2.75, 3.05) is 0 Å². The van der Waals surface area contributed by atoms with Crippen LogP contribution in [-0.4, -0.2) is 21.8 Å². The highest BCUT2D eigenvalue weighted by atomic mass is 35.5. The Labute approximate surface area is 144 Å². The molecule has 3 nitrogen and oxygen atoms in total. The molecule has 1 amide bonds. The first-order valence-electron chi connectivity index (χ1n) is 7.94. The summed E-state index contributed by atoms with van der Waals surface area (Å²) < 4.78 is 14.0. The second-order valence-electron chi connectivity index (χ2n) is 6.17. The van der Waals surface area contributed by atoms with Gasteiger partial charge in [-0.2, -0.15) is 0 Å². The van der Waals surface area contributed by atoms with E-state index < -0.39 is 0 Å². The number of rotatable bonds is 4. The number of amides is 1. The number of hydrogen-bond donors (Lipinski definition) is 1. The van der Waals surface area contributed by atoms with Gasteiger partial charge in [0.1, 0.15) is 11.5 Å². The van der Waals surface area contributed by atoms with Crippen LogP contribution in [0.25, 0.3) is 10.9 Å². The Balaban J connectivity index is 1.65. The van der Waals surface area contributed by atoms with Crippen LogP contribution >= 0.6 is 11.6 Å². The summed E-state index contributed by atoms with van der Waals surface area (Å²) in [7, 11) is 0. The maximum atomic E-state index is 14.0. The number of carbonyl (C=O) groups is 1. The van der Waals surface area contributed by atoms with Crippen LogP contribution in [0.2, 0.25) is 5.02 Å². The van der Waals surface area contributed by atoms with Gasteiger partial charge >= 0.3 is 0 Å². The molecule has 1 N–H and O–H groups in total. The molecule has 122 valence electrons. The van der Waals surface area contributed by atoms with Crippen molar-refractivity contribution in [1.82, 2.24) is 9.88 Å². The normalized spacial score (nSPS) is 14.1. The van der Waals surface area contributed by atoms with Gasteiger partial charge in [0.05, 0.1) is 0 Å². The Morgan fingerprint density at radius 3 is 2.75 bits per heavy atom. The molecule has 1 fully saturated rings. The van der Waals surface area contributed by atoms with Crippen LogP contribution in [0.3, 0.4) is 0 Å². The van der Waals surface area contributed by atoms with Crippen LogP contribution in [-0.2, 0) is 6.54 Å². The first kappa shape index (κ1) is 15.2. The van der Waals surface area contributed by atoms with Crippen LogP contribution in [0.15, 0.2) is 48.5 Å². The molecule has 1 saturated carbocycles. The van der Waals surface area contributed by atoms with E-state index in [9.17, 15) is 9.18 Å². The van der Waals surface area contributed by atoms with Crippen molar-refractivity contribution in [1.29, 1.82) is 0 Å². The Morgan fingerprint density at radius 2 is 2.00 bits per heavy atom. The SMILES string of the molecule is O=C(c1cc2cc(Cl)ccc2[nH]1)N(Cc1ccccc1F)C1CC1. The molecule has 2 aromatic carbocycles. The number of nitrogens with one attached hydrogen (secondary N) is 1. The van der Waals surface area contributed by atoms with Crippen LogP contribution in [0.5, 0.6) is 0 Å². The highest BCUT2D eigenvalue weighted by Gasteiger charge is 2.34. The molecule has 0 atom stereocenters. The zero-order valence-corrected chi connectivity index (χ0v) is 13.7. The van der Waals surface area contributed by atoms with E-state index in [2.05, 4.69) is 4.98 Å². The lowest BCUT2D eigenvalue weighted by molar-refractivity contribution is 0.0723. The van der Waals surface area contributed by atoms with Crippen molar-refractivity contribution in [2.45, 2.75) is 25.4 Å². The predicted molar refractivity (Wildman–Crippen MR) is 92.6 cm³/mol. The Morgan fingerprint density at radius 1 is 1.21 bits per heavy atom. The van der Waals surface area contributed by atoms with Gasteiger partial charge in [0, 0.05) is 34.1 Å². The lowest BCUT2D eigenvalue weighted by Crippen LogP contribution is -2.33. The number of aromatic amines is 1. The van der Waals surface area contributed by atoms with Crippen molar-refractivity contribution >= 4 is 28.4 Å². The van der Waals surface area contributed by atoms with E-state index in [1.807, 2.05) is 12.1 Å². The second kappa shape index (κ2) is 5.95. The van der Waals surface area contributed by atoms with Crippen molar-refractivity contribution in [2.24, 2.45) is 0 Å². The Hall–Kier alpha value is -2.33. The fraction of sp³-hybridized carbons (Fsp3) is 0.211. The molecular weight excluding hydrogens is 327 g/mol. The highest BCUT2D eigenvalue weighted by molar-refractivity contribution is 6.31. The molecule has 0 radical (unpaired) electrons. The molecular formula is C19H16ClFN2O. The molecule has 3 aromatic rings. The van der Waals surface area contributed by atoms with Gasteiger partial charge in [0.15, 0.2) is 0 Å². The average Bonchev–Trinajstić information content (AvgIpc) is 3.32. The quantitative estimate of drug-likeness (QED) is 0.728. The molecule has 0 spiro atoms. The minimum Gasteiger partial charge on any atom is -0.351 e. The van der Waals surface area contributed by atoms with E-state index in [1.54, 1.807) is 35.2 Å². The van der Waals surface area contributed by atoms with Gasteiger partial charge in [-0.15, -0.1) is 0 Å². The third kappa shape index (κ3) is 2.89. The zero-order valence-electron chi connectivity index (χ0n) is 12.9. The molecule has 0 bridgehead atoms. The number of benzene rings is 2. The van der Waals surface area contributed by atoms with E-state index in [0.717, 1.165) is 23.7 Å². The molecule has 1 aliphatic rings. The molecule has 1 heterocycles. The van der Waals surface area contributed by atoms with Crippen LogP contribution in [0.1, 0.15) is 28.9 Å². The lowest BCUT2D eigenvalue weighted by atomic mass is 10.2. The van der Waals surface area contributed by atoms with E-state index in [-0.39, 0.29) is 24.3 Å². The van der Waals surface area contributed by atoms with Crippen molar-refractivity contribution in [3.63, 3.8) is 0 Å². The maximum Gasteiger partial charge on any atom is 0.270 e. The number of aromatic nitrogens is 1. The van der Waals surface area contributed by atoms with Crippen molar-refractivity contribution < 1.29 is 9.18 Å². The van der Waals surface area contributed by atoms with Gasteiger partial charge in [-0.3, -0.25) is 4.79 Å². The number of halogens is 2. The molecule has 0 saturated heterocycles. The number of nitrogens with zero attached hydrogens (tertiary/aromatic N) is 1. The number of hydrogen-bond acceptors (Lipinski definition) is 1. The van der Waals surface area contributed by atoms with E-state index >= 15 is 0 Å². The van der Waals surface area contributed by atoms with E-state index in [4.69, 9.17) is 11.6 Å². The van der Waals surface area contributed by atoms with Crippen molar-refractivity contribution in [3.8, 4) is 0 Å². The Kier molecular flexibility index (Phi) is 3.77. The lowest BCUT2D eigenvalue weighted by Gasteiger charge is -2.22. The molecule has 1 aliphatic carbocycles. The third-order valence-corrected chi connectivity index (χ3v) is 4.60. The van der Waals surface area contributed by atoms with Gasteiger partial charge in [0.25, 0.3) is 5.91 Å². The topological polar surface area (TPSA) is 36.1 Å². The summed E-state index contributed by atoms with van der Waals surface area (Å²) in [6, 6.07) is 14.1. The molecule has 24 heavy (non-hydrogen) atoms. The number of fused-ring (bicyclic) bond motifs is 1. The fourth-order valence-corrected chi connectivity index (χ4v) is 3.12. The minimum absolute atomic E-state index is 0.104. The molecule has 0 aliphatic heterocycles. The van der Waals surface area contributed by atoms with Crippen LogP contribution in [0, 0.1) is 5.82 Å². The molecule has 0 unspecified atom stereocenters. The van der Waals surface area contributed by atoms with Gasteiger partial charge in [-0.1, -0.05) is 29.8 Å².